The van der Waals surface area contributed by atoms with Gasteiger partial charge in [-0.15, -0.1) is 0 Å². The van der Waals surface area contributed by atoms with E-state index in [1.165, 1.54) is 10.8 Å². The molecule has 4 aromatic heterocycles. The van der Waals surface area contributed by atoms with Crippen LogP contribution in [0.5, 0.6) is 0 Å². The van der Waals surface area contributed by atoms with Gasteiger partial charge >= 0.3 is 0 Å². The number of nitrogens with zero attached hydrogens (tertiary/aromatic N) is 6. The Bertz CT molecular complexity index is 3560. The molecule has 6 heteroatoms. The molecule has 7 aromatic carbocycles. The lowest BCUT2D eigenvalue weighted by Gasteiger charge is -2.13. The summed E-state index contributed by atoms with van der Waals surface area (Å²) < 4.78 is 4.55. The highest BCUT2D eigenvalue weighted by molar-refractivity contribution is 6.19. The molecule has 0 aliphatic rings. The predicted molar refractivity (Wildman–Crippen MR) is 261 cm³/mol. The standard InChI is InChI=1S/C57H40N6/c1-3-18-39(19-4-2)49-34-43(38-20-8-5-9-21-38)35-50(58-49)40-30-32-42(33-31-40)56-59-55(41-22-10-6-11-23-41)60-57(61-56)63-52-29-17-15-27-46(52)48-36-47-45-26-14-16-28-51(45)62(53(47)37-54(48)63)44-24-12-7-13-25-44/h3-37H,1H2,2H3/b19-4-,39-18+. The van der Waals surface area contributed by atoms with Crippen LogP contribution in [0.15, 0.2) is 219 Å². The summed E-state index contributed by atoms with van der Waals surface area (Å²) in [5.74, 6) is 1.72. The first-order chi connectivity index (χ1) is 31.1. The van der Waals surface area contributed by atoms with E-state index >= 15 is 0 Å². The van der Waals surface area contributed by atoms with Crippen molar-refractivity contribution < 1.29 is 0 Å². The lowest BCUT2D eigenvalue weighted by Crippen LogP contribution is -2.06. The normalized spacial score (nSPS) is 12.0. The summed E-state index contributed by atoms with van der Waals surface area (Å²) in [5, 5.41) is 4.66. The zero-order chi connectivity index (χ0) is 42.3. The Hall–Kier alpha value is -8.48. The highest BCUT2D eigenvalue weighted by Gasteiger charge is 2.21. The van der Waals surface area contributed by atoms with E-state index < -0.39 is 0 Å². The number of rotatable bonds is 9. The van der Waals surface area contributed by atoms with Crippen molar-refractivity contribution in [3.05, 3.63) is 225 Å². The van der Waals surface area contributed by atoms with Crippen LogP contribution >= 0.6 is 0 Å². The summed E-state index contributed by atoms with van der Waals surface area (Å²) >= 11 is 0. The van der Waals surface area contributed by atoms with Gasteiger partial charge in [-0.05, 0) is 72.2 Å². The van der Waals surface area contributed by atoms with Crippen LogP contribution in [0.2, 0.25) is 0 Å². The second-order valence-electron chi connectivity index (χ2n) is 15.5. The van der Waals surface area contributed by atoms with E-state index in [2.05, 4.69) is 173 Å². The van der Waals surface area contributed by atoms with Crippen LogP contribution in [0, 0.1) is 0 Å². The molecule has 0 aliphatic heterocycles. The van der Waals surface area contributed by atoms with Gasteiger partial charge in [0.05, 0.1) is 33.5 Å². The van der Waals surface area contributed by atoms with Crippen LogP contribution < -0.4 is 0 Å². The molecule has 0 N–H and O–H groups in total. The van der Waals surface area contributed by atoms with Crippen LogP contribution in [-0.4, -0.2) is 29.1 Å². The molecule has 11 aromatic rings. The van der Waals surface area contributed by atoms with Crippen LogP contribution in [0.1, 0.15) is 12.6 Å². The fraction of sp³-hybridized carbons (Fsp3) is 0.0175. The van der Waals surface area contributed by atoms with Crippen molar-refractivity contribution in [2.45, 2.75) is 6.92 Å². The number of benzene rings is 7. The Morgan fingerprint density at radius 3 is 1.62 bits per heavy atom. The molecule has 63 heavy (non-hydrogen) atoms. The van der Waals surface area contributed by atoms with Gasteiger partial charge in [0.2, 0.25) is 5.95 Å². The molecule has 0 spiro atoms. The summed E-state index contributed by atoms with van der Waals surface area (Å²) in [7, 11) is 0. The van der Waals surface area contributed by atoms with Gasteiger partial charge in [0.15, 0.2) is 11.6 Å². The largest absolute Gasteiger partial charge is 0.309 e. The maximum Gasteiger partial charge on any atom is 0.238 e. The van der Waals surface area contributed by atoms with Crippen molar-refractivity contribution in [2.24, 2.45) is 0 Å². The number of allylic oxidation sites excluding steroid dienone is 5. The maximum atomic E-state index is 5.30. The van der Waals surface area contributed by atoms with Gasteiger partial charge in [-0.25, -0.2) is 9.97 Å². The van der Waals surface area contributed by atoms with E-state index in [1.807, 2.05) is 55.5 Å². The average molecular weight is 809 g/mol. The van der Waals surface area contributed by atoms with Crippen LogP contribution in [-0.2, 0) is 0 Å². The van der Waals surface area contributed by atoms with Gasteiger partial charge in [-0.2, -0.15) is 9.97 Å². The molecule has 0 atom stereocenters. The van der Waals surface area contributed by atoms with Crippen molar-refractivity contribution in [2.75, 3.05) is 0 Å². The molecule has 4 heterocycles. The summed E-state index contributed by atoms with van der Waals surface area (Å²) in [6, 6.07) is 65.6. The van der Waals surface area contributed by atoms with Crippen molar-refractivity contribution in [3.63, 3.8) is 0 Å². The molecule has 0 unspecified atom stereocenters. The highest BCUT2D eigenvalue weighted by Crippen LogP contribution is 2.40. The molecular weight excluding hydrogens is 769 g/mol. The topological polar surface area (TPSA) is 61.4 Å². The number of hydrogen-bond acceptors (Lipinski definition) is 4. The second-order valence-corrected chi connectivity index (χ2v) is 15.5. The molecule has 0 saturated carbocycles. The summed E-state index contributed by atoms with van der Waals surface area (Å²) in [4.78, 5) is 20.9. The average Bonchev–Trinajstić information content (AvgIpc) is 3.85. The molecule has 11 rings (SSSR count). The molecule has 0 bridgehead atoms. The Kier molecular flexibility index (Phi) is 9.44. The zero-order valence-corrected chi connectivity index (χ0v) is 34.6. The van der Waals surface area contributed by atoms with Crippen LogP contribution in [0.3, 0.4) is 0 Å². The fourth-order valence-corrected chi connectivity index (χ4v) is 8.76. The van der Waals surface area contributed by atoms with Gasteiger partial charge in [0, 0.05) is 43.9 Å². The number of aromatic nitrogens is 6. The smallest absolute Gasteiger partial charge is 0.238 e. The summed E-state index contributed by atoms with van der Waals surface area (Å²) in [6.45, 7) is 5.98. The lowest BCUT2D eigenvalue weighted by molar-refractivity contribution is 0.953. The molecular formula is C57H40N6. The number of pyridine rings is 1. The lowest BCUT2D eigenvalue weighted by atomic mass is 9.99. The van der Waals surface area contributed by atoms with E-state index in [4.69, 9.17) is 19.9 Å². The quantitative estimate of drug-likeness (QED) is 0.136. The molecule has 0 radical (unpaired) electrons. The fourth-order valence-electron chi connectivity index (χ4n) is 8.76. The Morgan fingerprint density at radius 2 is 0.984 bits per heavy atom. The summed E-state index contributed by atoms with van der Waals surface area (Å²) in [5.41, 5.74) is 13.1. The SMILES string of the molecule is C=C/C=C(\C=C/C)c1cc(-c2ccccc2)cc(-c2ccc(-c3nc(-c4ccccc4)nc(-n4c5ccccc5c5cc6c7ccccc7n(-c7ccccc7)c6cc54)n3)cc2)n1. The third-order valence-electron chi connectivity index (χ3n) is 11.6. The molecule has 298 valence electrons. The minimum Gasteiger partial charge on any atom is -0.309 e. The highest BCUT2D eigenvalue weighted by atomic mass is 15.2. The van der Waals surface area contributed by atoms with Gasteiger partial charge in [-0.1, -0.05) is 170 Å². The Balaban J connectivity index is 1.10. The molecule has 0 fully saturated rings. The second kappa shape index (κ2) is 15.8. The Morgan fingerprint density at radius 1 is 0.444 bits per heavy atom. The van der Waals surface area contributed by atoms with E-state index in [0.29, 0.717) is 17.6 Å². The van der Waals surface area contributed by atoms with Gasteiger partial charge in [-0.3, -0.25) is 4.57 Å². The third kappa shape index (κ3) is 6.71. The Labute approximate surface area is 365 Å². The first kappa shape index (κ1) is 37.5. The van der Waals surface area contributed by atoms with E-state index in [-0.39, 0.29) is 0 Å². The van der Waals surface area contributed by atoms with Crippen LogP contribution in [0.25, 0.3) is 106 Å². The van der Waals surface area contributed by atoms with Crippen molar-refractivity contribution >= 4 is 49.2 Å². The van der Waals surface area contributed by atoms with Gasteiger partial charge in [0.25, 0.3) is 0 Å². The van der Waals surface area contributed by atoms with Crippen molar-refractivity contribution in [1.29, 1.82) is 0 Å². The molecule has 0 amide bonds. The molecule has 6 nitrogen and oxygen atoms in total. The van der Waals surface area contributed by atoms with E-state index in [0.717, 1.165) is 83.3 Å². The van der Waals surface area contributed by atoms with Gasteiger partial charge in [0.1, 0.15) is 0 Å². The number of fused-ring (bicyclic) bond motifs is 6. The minimum atomic E-state index is 0.545. The maximum absolute atomic E-state index is 5.30. The monoisotopic (exact) mass is 808 g/mol. The number of hydrogen-bond donors (Lipinski definition) is 0. The third-order valence-corrected chi connectivity index (χ3v) is 11.6. The predicted octanol–water partition coefficient (Wildman–Crippen LogP) is 14.3. The molecule has 0 saturated heterocycles. The molecule has 0 aliphatic carbocycles. The van der Waals surface area contributed by atoms with E-state index in [9.17, 15) is 0 Å². The minimum absolute atomic E-state index is 0.545. The first-order valence-electron chi connectivity index (χ1n) is 21.1. The van der Waals surface area contributed by atoms with Gasteiger partial charge < -0.3 is 4.57 Å². The number of para-hydroxylation sites is 3. The van der Waals surface area contributed by atoms with E-state index in [1.54, 1.807) is 6.08 Å². The van der Waals surface area contributed by atoms with Crippen molar-refractivity contribution in [1.82, 2.24) is 29.1 Å². The van der Waals surface area contributed by atoms with Crippen LogP contribution in [0.4, 0.5) is 0 Å². The summed E-state index contributed by atoms with van der Waals surface area (Å²) in [6.07, 6.45) is 7.89. The first-order valence-corrected chi connectivity index (χ1v) is 21.1. The zero-order valence-electron chi connectivity index (χ0n) is 34.6. The van der Waals surface area contributed by atoms with Crippen molar-refractivity contribution in [3.8, 4) is 56.8 Å².